The number of rotatable bonds is 4. The Morgan fingerprint density at radius 1 is 1.43 bits per heavy atom. The Morgan fingerprint density at radius 3 is 2.81 bits per heavy atom. The van der Waals surface area contributed by atoms with Gasteiger partial charge in [-0.05, 0) is 37.0 Å². The molecule has 1 fully saturated rings. The van der Waals surface area contributed by atoms with Gasteiger partial charge in [-0.3, -0.25) is 4.79 Å². The number of nitrogens with one attached hydrogen (secondary N) is 1. The van der Waals surface area contributed by atoms with Gasteiger partial charge in [0.1, 0.15) is 5.82 Å². The van der Waals surface area contributed by atoms with Crippen LogP contribution in [0.4, 0.5) is 9.18 Å². The molecule has 2 rings (SSSR count). The number of hydrogen-bond acceptors (Lipinski definition) is 2. The lowest BCUT2D eigenvalue weighted by atomic mass is 10.1. The van der Waals surface area contributed by atoms with Crippen LogP contribution < -0.4 is 5.32 Å². The number of urea groups is 1. The Hall–Kier alpha value is -2.11. The molecule has 5 nitrogen and oxygen atoms in total. The van der Waals surface area contributed by atoms with E-state index in [4.69, 9.17) is 5.11 Å². The van der Waals surface area contributed by atoms with Crippen LogP contribution in [0.25, 0.3) is 0 Å². The van der Waals surface area contributed by atoms with Crippen molar-refractivity contribution in [2.75, 3.05) is 7.05 Å². The van der Waals surface area contributed by atoms with E-state index in [1.54, 1.807) is 19.2 Å². The van der Waals surface area contributed by atoms with Crippen molar-refractivity contribution in [3.8, 4) is 0 Å². The highest BCUT2D eigenvalue weighted by Gasteiger charge is 2.30. The van der Waals surface area contributed by atoms with Gasteiger partial charge in [0.25, 0.3) is 0 Å². The van der Waals surface area contributed by atoms with E-state index in [1.807, 2.05) is 0 Å². The van der Waals surface area contributed by atoms with Crippen LogP contribution in [0.5, 0.6) is 0 Å². The number of aliphatic carboxylic acids is 1. The number of hydrogen-bond donors (Lipinski definition) is 2. The fraction of sp³-hybridized carbons (Fsp3) is 0.467. The molecule has 0 bridgehead atoms. The van der Waals surface area contributed by atoms with Crippen molar-refractivity contribution < 1.29 is 19.1 Å². The lowest BCUT2D eigenvalue weighted by molar-refractivity contribution is -0.141. The fourth-order valence-corrected chi connectivity index (χ4v) is 2.60. The molecule has 21 heavy (non-hydrogen) atoms. The number of nitrogens with zero attached hydrogens (tertiary/aromatic N) is 1. The summed E-state index contributed by atoms with van der Waals surface area (Å²) in [7, 11) is 1.63. The lowest BCUT2D eigenvalue weighted by Crippen LogP contribution is -2.42. The first-order valence-electron chi connectivity index (χ1n) is 6.94. The van der Waals surface area contributed by atoms with Gasteiger partial charge in [0, 0.05) is 19.6 Å². The van der Waals surface area contributed by atoms with Crippen molar-refractivity contribution in [1.29, 1.82) is 0 Å². The monoisotopic (exact) mass is 294 g/mol. The molecule has 1 aromatic carbocycles. The zero-order valence-electron chi connectivity index (χ0n) is 11.9. The van der Waals surface area contributed by atoms with Crippen molar-refractivity contribution in [2.24, 2.45) is 5.92 Å². The topological polar surface area (TPSA) is 69.6 Å². The Labute approximate surface area is 122 Å². The second-order valence-corrected chi connectivity index (χ2v) is 5.48. The van der Waals surface area contributed by atoms with E-state index >= 15 is 0 Å². The molecule has 1 aliphatic carbocycles. The molecular formula is C15H19FN2O3. The summed E-state index contributed by atoms with van der Waals surface area (Å²) in [6, 6.07) is 5.73. The quantitative estimate of drug-likeness (QED) is 0.894. The predicted molar refractivity (Wildman–Crippen MR) is 75.2 cm³/mol. The summed E-state index contributed by atoms with van der Waals surface area (Å²) < 4.78 is 13.1. The smallest absolute Gasteiger partial charge is 0.317 e. The highest BCUT2D eigenvalue weighted by molar-refractivity contribution is 5.75. The Bertz CT molecular complexity index is 535. The Kier molecular flexibility index (Phi) is 4.77. The number of carboxylic acids is 1. The molecule has 2 amide bonds. The van der Waals surface area contributed by atoms with E-state index in [1.165, 1.54) is 17.0 Å². The molecule has 0 spiro atoms. The van der Waals surface area contributed by atoms with Crippen molar-refractivity contribution in [3.05, 3.63) is 35.6 Å². The van der Waals surface area contributed by atoms with Crippen molar-refractivity contribution in [3.63, 3.8) is 0 Å². The third kappa shape index (κ3) is 4.18. The molecule has 1 aromatic rings. The molecule has 0 heterocycles. The summed E-state index contributed by atoms with van der Waals surface area (Å²) >= 11 is 0. The first-order valence-corrected chi connectivity index (χ1v) is 6.94. The Balaban J connectivity index is 1.84. The molecule has 0 aliphatic heterocycles. The molecular weight excluding hydrogens is 275 g/mol. The highest BCUT2D eigenvalue weighted by atomic mass is 19.1. The second kappa shape index (κ2) is 6.56. The van der Waals surface area contributed by atoms with Crippen LogP contribution in [0.1, 0.15) is 24.8 Å². The van der Waals surface area contributed by atoms with Gasteiger partial charge < -0.3 is 15.3 Å². The summed E-state index contributed by atoms with van der Waals surface area (Å²) in [5.74, 6) is -1.51. The maximum Gasteiger partial charge on any atom is 0.317 e. The number of carboxylic acid groups (broad SMARTS) is 1. The van der Waals surface area contributed by atoms with Crippen molar-refractivity contribution in [2.45, 2.75) is 31.8 Å². The van der Waals surface area contributed by atoms with Gasteiger partial charge in [0.05, 0.1) is 5.92 Å². The van der Waals surface area contributed by atoms with Gasteiger partial charge in [-0.15, -0.1) is 0 Å². The summed E-state index contributed by atoms with van der Waals surface area (Å²) in [5.41, 5.74) is 0.711. The van der Waals surface area contributed by atoms with E-state index in [-0.39, 0.29) is 23.8 Å². The van der Waals surface area contributed by atoms with Gasteiger partial charge in [0.15, 0.2) is 0 Å². The van der Waals surface area contributed by atoms with Crippen molar-refractivity contribution >= 4 is 12.0 Å². The molecule has 0 aromatic heterocycles. The SMILES string of the molecule is CN(Cc1cccc(F)c1)C(=O)N[C@H]1CC[C@@H](C(=O)O)C1. The first kappa shape index (κ1) is 15.3. The standard InChI is InChI=1S/C15H19FN2O3/c1-18(9-10-3-2-4-12(16)7-10)15(21)17-13-6-5-11(8-13)14(19)20/h2-4,7,11,13H,5-6,8-9H2,1H3,(H,17,21)(H,19,20)/t11-,13+/m1/s1. The van der Waals surface area contributed by atoms with Crippen LogP contribution >= 0.6 is 0 Å². The maximum atomic E-state index is 13.1. The van der Waals surface area contributed by atoms with Crippen LogP contribution in [0, 0.1) is 11.7 Å². The number of carbonyl (C=O) groups is 2. The van der Waals surface area contributed by atoms with E-state index in [2.05, 4.69) is 5.32 Å². The Morgan fingerprint density at radius 2 is 2.19 bits per heavy atom. The highest BCUT2D eigenvalue weighted by Crippen LogP contribution is 2.25. The molecule has 0 radical (unpaired) electrons. The largest absolute Gasteiger partial charge is 0.481 e. The third-order valence-electron chi connectivity index (χ3n) is 3.76. The average molecular weight is 294 g/mol. The predicted octanol–water partition coefficient (Wildman–Crippen LogP) is 2.22. The molecule has 1 saturated carbocycles. The van der Waals surface area contributed by atoms with Crippen LogP contribution in [-0.4, -0.2) is 35.1 Å². The summed E-state index contributed by atoms with van der Waals surface area (Å²) in [6.07, 6.45) is 1.74. The van der Waals surface area contributed by atoms with Crippen LogP contribution in [-0.2, 0) is 11.3 Å². The van der Waals surface area contributed by atoms with E-state index in [0.717, 1.165) is 0 Å². The molecule has 1 aliphatic rings. The van der Waals surface area contributed by atoms with E-state index in [9.17, 15) is 14.0 Å². The fourth-order valence-electron chi connectivity index (χ4n) is 2.60. The van der Waals surface area contributed by atoms with Gasteiger partial charge in [0.2, 0.25) is 0 Å². The molecule has 2 atom stereocenters. The minimum absolute atomic E-state index is 0.103. The van der Waals surface area contributed by atoms with Crippen LogP contribution in [0.3, 0.4) is 0 Å². The van der Waals surface area contributed by atoms with Crippen LogP contribution in [0.15, 0.2) is 24.3 Å². The van der Waals surface area contributed by atoms with Crippen molar-refractivity contribution in [1.82, 2.24) is 10.2 Å². The second-order valence-electron chi connectivity index (χ2n) is 5.48. The lowest BCUT2D eigenvalue weighted by Gasteiger charge is -2.21. The number of carbonyl (C=O) groups excluding carboxylic acids is 1. The summed E-state index contributed by atoms with van der Waals surface area (Å²) in [6.45, 7) is 0.304. The minimum Gasteiger partial charge on any atom is -0.481 e. The van der Waals surface area contributed by atoms with Gasteiger partial charge in [-0.2, -0.15) is 0 Å². The van der Waals surface area contributed by atoms with E-state index < -0.39 is 5.97 Å². The summed E-state index contributed by atoms with van der Waals surface area (Å²) in [4.78, 5) is 24.4. The summed E-state index contributed by atoms with van der Waals surface area (Å²) in [5, 5.41) is 11.8. The molecule has 2 N–H and O–H groups in total. The minimum atomic E-state index is -0.806. The third-order valence-corrected chi connectivity index (χ3v) is 3.76. The van der Waals surface area contributed by atoms with Gasteiger partial charge in [-0.1, -0.05) is 12.1 Å². The molecule has 0 unspecified atom stereocenters. The first-order chi connectivity index (χ1) is 9.95. The normalized spacial score (nSPS) is 21.0. The maximum absolute atomic E-state index is 13.1. The number of halogens is 1. The number of amides is 2. The zero-order valence-corrected chi connectivity index (χ0v) is 11.9. The van der Waals surface area contributed by atoms with Gasteiger partial charge >= 0.3 is 12.0 Å². The molecule has 6 heteroatoms. The van der Waals surface area contributed by atoms with Crippen LogP contribution in [0.2, 0.25) is 0 Å². The molecule has 0 saturated heterocycles. The van der Waals surface area contributed by atoms with E-state index in [0.29, 0.717) is 31.4 Å². The average Bonchev–Trinajstić information content (AvgIpc) is 2.87. The molecule has 114 valence electrons. The number of benzene rings is 1. The van der Waals surface area contributed by atoms with Gasteiger partial charge in [-0.25, -0.2) is 9.18 Å². The zero-order chi connectivity index (χ0) is 15.4.